The van der Waals surface area contributed by atoms with Gasteiger partial charge in [-0.1, -0.05) is 0 Å². The van der Waals surface area contributed by atoms with Gasteiger partial charge in [0.2, 0.25) is 0 Å². The molecule has 13 heavy (non-hydrogen) atoms. The Morgan fingerprint density at radius 3 is 1.92 bits per heavy atom. The maximum atomic E-state index is 9.13. The van der Waals surface area contributed by atoms with E-state index in [1.165, 1.54) is 0 Å². The van der Waals surface area contributed by atoms with Crippen molar-refractivity contribution >= 4 is 0 Å². The molecule has 1 fully saturated rings. The molecule has 0 aliphatic carbocycles. The first-order chi connectivity index (χ1) is 5.93. The molecule has 1 unspecified atom stereocenters. The molecule has 1 heterocycles. The fourth-order valence-corrected chi connectivity index (χ4v) is 2.05. The van der Waals surface area contributed by atoms with Crippen LogP contribution in [0.4, 0.5) is 0 Å². The van der Waals surface area contributed by atoms with Gasteiger partial charge in [-0.25, -0.2) is 0 Å². The molecule has 0 aromatic heterocycles. The zero-order valence-corrected chi connectivity index (χ0v) is 8.29. The summed E-state index contributed by atoms with van der Waals surface area (Å²) in [7, 11) is 0. The molecule has 0 spiro atoms. The van der Waals surface area contributed by atoms with Crippen LogP contribution in [0.3, 0.4) is 0 Å². The van der Waals surface area contributed by atoms with Gasteiger partial charge in [-0.3, -0.25) is 0 Å². The van der Waals surface area contributed by atoms with Crippen molar-refractivity contribution in [3.8, 4) is 0 Å². The summed E-state index contributed by atoms with van der Waals surface area (Å²) in [5.41, 5.74) is 4.63. The van der Waals surface area contributed by atoms with E-state index in [-0.39, 0.29) is 19.3 Å². The minimum Gasteiger partial charge on any atom is -0.393 e. The first kappa shape index (κ1) is 10.9. The monoisotopic (exact) mass is 189 g/mol. The Labute approximate surface area is 78.7 Å². The Morgan fingerprint density at radius 2 is 1.62 bits per heavy atom. The molecule has 4 N–H and O–H groups in total. The first-order valence-electron chi connectivity index (χ1n) is 4.60. The predicted molar refractivity (Wildman–Crippen MR) is 49.3 cm³/mol. The second-order valence-corrected chi connectivity index (χ2v) is 4.49. The minimum absolute atomic E-state index is 0.0111. The van der Waals surface area contributed by atoms with Crippen LogP contribution >= 0.6 is 0 Å². The fourth-order valence-electron chi connectivity index (χ4n) is 2.05. The van der Waals surface area contributed by atoms with Gasteiger partial charge in [-0.2, -0.15) is 0 Å². The summed E-state index contributed by atoms with van der Waals surface area (Å²) in [6.45, 7) is 3.52. The lowest BCUT2D eigenvalue weighted by Crippen LogP contribution is -2.56. The lowest BCUT2D eigenvalue weighted by Gasteiger charge is -2.46. The second kappa shape index (κ2) is 3.53. The van der Waals surface area contributed by atoms with Crippen molar-refractivity contribution in [1.82, 2.24) is 0 Å². The third kappa shape index (κ3) is 2.40. The average molecular weight is 189 g/mol. The first-order valence-corrected chi connectivity index (χ1v) is 4.60. The van der Waals surface area contributed by atoms with Crippen molar-refractivity contribution in [1.29, 1.82) is 0 Å². The van der Waals surface area contributed by atoms with Crippen LogP contribution in [0, 0.1) is 0 Å². The summed E-state index contributed by atoms with van der Waals surface area (Å²) in [5.74, 6) is 0. The summed E-state index contributed by atoms with van der Waals surface area (Å²) in [6, 6.07) is -0.0111. The largest absolute Gasteiger partial charge is 0.393 e. The van der Waals surface area contributed by atoms with E-state index >= 15 is 0 Å². The van der Waals surface area contributed by atoms with E-state index in [1.54, 1.807) is 0 Å². The van der Waals surface area contributed by atoms with Gasteiger partial charge < -0.3 is 20.7 Å². The SMILES string of the molecule is C[C@]1(CO)CC(N)C[C@@](C)(CO)O1. The third-order valence-electron chi connectivity index (χ3n) is 2.55. The highest BCUT2D eigenvalue weighted by Crippen LogP contribution is 2.34. The van der Waals surface area contributed by atoms with Gasteiger partial charge in [0.15, 0.2) is 0 Å². The Hall–Kier alpha value is -0.160. The topological polar surface area (TPSA) is 75.7 Å². The highest BCUT2D eigenvalue weighted by atomic mass is 16.5. The lowest BCUT2D eigenvalue weighted by atomic mass is 9.84. The second-order valence-electron chi connectivity index (χ2n) is 4.49. The molecule has 3 atom stereocenters. The van der Waals surface area contributed by atoms with Crippen LogP contribution in [-0.4, -0.2) is 40.7 Å². The highest BCUT2D eigenvalue weighted by molar-refractivity contribution is 4.94. The van der Waals surface area contributed by atoms with Crippen LogP contribution in [-0.2, 0) is 4.74 Å². The van der Waals surface area contributed by atoms with Gasteiger partial charge in [0.25, 0.3) is 0 Å². The maximum Gasteiger partial charge on any atom is 0.0907 e. The van der Waals surface area contributed by atoms with E-state index in [1.807, 2.05) is 13.8 Å². The van der Waals surface area contributed by atoms with E-state index in [4.69, 9.17) is 20.7 Å². The molecule has 1 aliphatic heterocycles. The van der Waals surface area contributed by atoms with Gasteiger partial charge in [0, 0.05) is 6.04 Å². The van der Waals surface area contributed by atoms with Gasteiger partial charge in [0.1, 0.15) is 0 Å². The molecule has 78 valence electrons. The molecule has 0 amide bonds. The molecule has 1 aliphatic rings. The zero-order valence-electron chi connectivity index (χ0n) is 8.29. The third-order valence-corrected chi connectivity index (χ3v) is 2.55. The van der Waals surface area contributed by atoms with Crippen LogP contribution in [0.5, 0.6) is 0 Å². The Bertz CT molecular complexity index is 170. The van der Waals surface area contributed by atoms with E-state index in [0.29, 0.717) is 12.8 Å². The number of rotatable bonds is 2. The normalized spacial score (nSPS) is 46.4. The molecule has 4 nitrogen and oxygen atoms in total. The lowest BCUT2D eigenvalue weighted by molar-refractivity contribution is -0.206. The fraction of sp³-hybridized carbons (Fsp3) is 1.00. The van der Waals surface area contributed by atoms with Crippen molar-refractivity contribution in [2.45, 2.75) is 43.9 Å². The average Bonchev–Trinajstić information content (AvgIpc) is 2.02. The highest BCUT2D eigenvalue weighted by Gasteiger charge is 2.42. The Balaban J connectivity index is 2.73. The van der Waals surface area contributed by atoms with E-state index in [9.17, 15) is 0 Å². The zero-order chi connectivity index (χ0) is 10.1. The van der Waals surface area contributed by atoms with Crippen molar-refractivity contribution in [2.75, 3.05) is 13.2 Å². The number of hydrogen-bond donors (Lipinski definition) is 3. The summed E-state index contributed by atoms with van der Waals surface area (Å²) >= 11 is 0. The summed E-state index contributed by atoms with van der Waals surface area (Å²) in [5, 5.41) is 18.3. The van der Waals surface area contributed by atoms with E-state index in [0.717, 1.165) is 0 Å². The number of aliphatic hydroxyl groups is 2. The molecule has 4 heteroatoms. The number of ether oxygens (including phenoxy) is 1. The predicted octanol–water partition coefficient (Wildman–Crippen LogP) is -0.374. The summed E-state index contributed by atoms with van der Waals surface area (Å²) in [4.78, 5) is 0. The summed E-state index contributed by atoms with van der Waals surface area (Å²) in [6.07, 6.45) is 1.28. The van der Waals surface area contributed by atoms with Crippen molar-refractivity contribution in [3.05, 3.63) is 0 Å². The van der Waals surface area contributed by atoms with Gasteiger partial charge in [-0.15, -0.1) is 0 Å². The maximum absolute atomic E-state index is 9.13. The number of aliphatic hydroxyl groups excluding tert-OH is 2. The Kier molecular flexibility index (Phi) is 2.97. The smallest absolute Gasteiger partial charge is 0.0907 e. The van der Waals surface area contributed by atoms with Gasteiger partial charge in [-0.05, 0) is 26.7 Å². The van der Waals surface area contributed by atoms with Crippen LogP contribution in [0.1, 0.15) is 26.7 Å². The van der Waals surface area contributed by atoms with Crippen LogP contribution in [0.15, 0.2) is 0 Å². The molecule has 0 bridgehead atoms. The van der Waals surface area contributed by atoms with E-state index < -0.39 is 11.2 Å². The molecule has 0 saturated carbocycles. The molecule has 0 radical (unpaired) electrons. The summed E-state index contributed by atoms with van der Waals surface area (Å²) < 4.78 is 5.65. The molecule has 1 saturated heterocycles. The van der Waals surface area contributed by atoms with Crippen molar-refractivity contribution < 1.29 is 14.9 Å². The molecule has 1 rings (SSSR count). The van der Waals surface area contributed by atoms with Crippen LogP contribution in [0.2, 0.25) is 0 Å². The van der Waals surface area contributed by atoms with Crippen molar-refractivity contribution in [3.63, 3.8) is 0 Å². The van der Waals surface area contributed by atoms with Crippen molar-refractivity contribution in [2.24, 2.45) is 5.73 Å². The quantitative estimate of drug-likeness (QED) is 0.554. The molecule has 0 aromatic rings. The number of nitrogens with two attached hydrogens (primary N) is 1. The number of hydrogen-bond acceptors (Lipinski definition) is 4. The standard InChI is InChI=1S/C9H19NO3/c1-8(5-11)3-7(10)4-9(2,6-12)13-8/h7,11-12H,3-6,10H2,1-2H3/t7?,8-,9+. The molecular formula is C9H19NO3. The van der Waals surface area contributed by atoms with Gasteiger partial charge >= 0.3 is 0 Å². The van der Waals surface area contributed by atoms with E-state index in [2.05, 4.69) is 0 Å². The Morgan fingerprint density at radius 1 is 1.23 bits per heavy atom. The van der Waals surface area contributed by atoms with Gasteiger partial charge in [0.05, 0.1) is 24.4 Å². The minimum atomic E-state index is -0.602. The van der Waals surface area contributed by atoms with Crippen LogP contribution < -0.4 is 5.73 Å². The molecular weight excluding hydrogens is 170 g/mol. The van der Waals surface area contributed by atoms with Crippen LogP contribution in [0.25, 0.3) is 0 Å². The molecule has 0 aromatic carbocycles.